The number of carbonyl (C=O) groups is 1. The summed E-state index contributed by atoms with van der Waals surface area (Å²) >= 11 is 1.53. The smallest absolute Gasteiger partial charge is 0.261 e. The van der Waals surface area contributed by atoms with Crippen molar-refractivity contribution in [3.05, 3.63) is 76.0 Å². The van der Waals surface area contributed by atoms with Crippen molar-refractivity contribution < 1.29 is 9.53 Å². The Balaban J connectivity index is 1.65. The van der Waals surface area contributed by atoms with E-state index in [0.29, 0.717) is 6.54 Å². The first kappa shape index (κ1) is 17.2. The van der Waals surface area contributed by atoms with Crippen LogP contribution in [0, 0.1) is 6.92 Å². The van der Waals surface area contributed by atoms with Crippen LogP contribution in [0.5, 0.6) is 5.75 Å². The minimum Gasteiger partial charge on any atom is -0.497 e. The van der Waals surface area contributed by atoms with Crippen molar-refractivity contribution in [2.24, 2.45) is 0 Å². The second-order valence-corrected chi connectivity index (χ2v) is 7.06. The summed E-state index contributed by atoms with van der Waals surface area (Å²) in [6, 6.07) is 20.1. The van der Waals surface area contributed by atoms with Crippen molar-refractivity contribution in [2.75, 3.05) is 13.7 Å². The third-order valence-electron chi connectivity index (χ3n) is 4.08. The van der Waals surface area contributed by atoms with Crippen molar-refractivity contribution in [3.63, 3.8) is 0 Å². The van der Waals surface area contributed by atoms with Crippen molar-refractivity contribution >= 4 is 17.2 Å². The first-order chi connectivity index (χ1) is 12.2. The maximum atomic E-state index is 12.4. The van der Waals surface area contributed by atoms with E-state index in [9.17, 15) is 4.79 Å². The molecule has 0 aliphatic heterocycles. The monoisotopic (exact) mass is 351 g/mol. The van der Waals surface area contributed by atoms with Crippen LogP contribution in [0.15, 0.2) is 60.7 Å². The Kier molecular flexibility index (Phi) is 5.51. The van der Waals surface area contributed by atoms with Gasteiger partial charge in [-0.1, -0.05) is 42.5 Å². The van der Waals surface area contributed by atoms with Gasteiger partial charge in [0.15, 0.2) is 0 Å². The topological polar surface area (TPSA) is 38.3 Å². The molecule has 1 aromatic heterocycles. The van der Waals surface area contributed by atoms with Crippen LogP contribution in [0.3, 0.4) is 0 Å². The Morgan fingerprint density at radius 3 is 2.48 bits per heavy atom. The Bertz CT molecular complexity index is 838. The van der Waals surface area contributed by atoms with Crippen LogP contribution in [-0.2, 0) is 6.42 Å². The molecule has 0 saturated heterocycles. The van der Waals surface area contributed by atoms with Gasteiger partial charge in [0.2, 0.25) is 0 Å². The fourth-order valence-electron chi connectivity index (χ4n) is 2.70. The number of benzene rings is 2. The molecule has 3 rings (SSSR count). The van der Waals surface area contributed by atoms with Crippen LogP contribution in [0.2, 0.25) is 0 Å². The first-order valence-corrected chi connectivity index (χ1v) is 9.06. The second-order valence-electron chi connectivity index (χ2n) is 5.80. The molecule has 0 aliphatic rings. The third kappa shape index (κ3) is 4.28. The van der Waals surface area contributed by atoms with Gasteiger partial charge in [0.25, 0.3) is 5.91 Å². The predicted octanol–water partition coefficient (Wildman–Crippen LogP) is 4.70. The summed E-state index contributed by atoms with van der Waals surface area (Å²) in [5.74, 6) is 0.819. The van der Waals surface area contributed by atoms with Gasteiger partial charge in [-0.25, -0.2) is 0 Å². The molecule has 1 heterocycles. The minimum atomic E-state index is -0.0104. The molecule has 2 aromatic carbocycles. The molecule has 0 bridgehead atoms. The summed E-state index contributed by atoms with van der Waals surface area (Å²) in [6.45, 7) is 2.68. The van der Waals surface area contributed by atoms with Gasteiger partial charge in [-0.3, -0.25) is 4.79 Å². The van der Waals surface area contributed by atoms with Gasteiger partial charge < -0.3 is 10.1 Å². The van der Waals surface area contributed by atoms with Crippen LogP contribution in [0.1, 0.15) is 20.1 Å². The van der Waals surface area contributed by atoms with Crippen LogP contribution < -0.4 is 10.1 Å². The molecule has 0 fully saturated rings. The summed E-state index contributed by atoms with van der Waals surface area (Å²) in [6.07, 6.45) is 0.836. The number of hydrogen-bond acceptors (Lipinski definition) is 3. The average Bonchev–Trinajstić information content (AvgIpc) is 3.04. The number of aryl methyl sites for hydroxylation is 1. The average molecular weight is 351 g/mol. The normalized spacial score (nSPS) is 10.5. The minimum absolute atomic E-state index is 0.0104. The summed E-state index contributed by atoms with van der Waals surface area (Å²) in [5.41, 5.74) is 3.42. The van der Waals surface area contributed by atoms with Crippen molar-refractivity contribution in [1.29, 1.82) is 0 Å². The summed E-state index contributed by atoms with van der Waals surface area (Å²) in [5, 5.41) is 3.01. The van der Waals surface area contributed by atoms with Crippen LogP contribution in [0.25, 0.3) is 11.1 Å². The van der Waals surface area contributed by atoms with Gasteiger partial charge in [0.05, 0.1) is 12.0 Å². The number of nitrogens with one attached hydrogen (secondary N) is 1. The molecule has 0 radical (unpaired) electrons. The molecule has 0 saturated carbocycles. The molecule has 1 amide bonds. The van der Waals surface area contributed by atoms with E-state index < -0.39 is 0 Å². The van der Waals surface area contributed by atoms with Gasteiger partial charge >= 0.3 is 0 Å². The number of methoxy groups -OCH3 is 1. The molecule has 25 heavy (non-hydrogen) atoms. The van der Waals surface area contributed by atoms with E-state index in [1.54, 1.807) is 7.11 Å². The van der Waals surface area contributed by atoms with Crippen molar-refractivity contribution in [1.82, 2.24) is 5.32 Å². The van der Waals surface area contributed by atoms with Gasteiger partial charge in [-0.15, -0.1) is 11.3 Å². The highest BCUT2D eigenvalue weighted by Crippen LogP contribution is 2.31. The standard InChI is InChI=1S/C21H21NO2S/c1-15-19(17-8-10-18(24-2)11-9-17)14-20(25-15)21(23)22-13-12-16-6-4-3-5-7-16/h3-11,14H,12-13H2,1-2H3,(H,22,23). The highest BCUT2D eigenvalue weighted by atomic mass is 32.1. The number of carbonyl (C=O) groups excluding carboxylic acids is 1. The molecule has 0 atom stereocenters. The second kappa shape index (κ2) is 7.99. The van der Waals surface area contributed by atoms with E-state index in [0.717, 1.165) is 33.1 Å². The van der Waals surface area contributed by atoms with E-state index >= 15 is 0 Å². The molecule has 0 unspecified atom stereocenters. The summed E-state index contributed by atoms with van der Waals surface area (Å²) in [7, 11) is 1.66. The van der Waals surface area contributed by atoms with Crippen LogP contribution >= 0.6 is 11.3 Å². The molecule has 1 N–H and O–H groups in total. The molecule has 3 aromatic rings. The lowest BCUT2D eigenvalue weighted by atomic mass is 10.1. The lowest BCUT2D eigenvalue weighted by molar-refractivity contribution is 0.0958. The SMILES string of the molecule is COc1ccc(-c2cc(C(=O)NCCc3ccccc3)sc2C)cc1. The van der Waals surface area contributed by atoms with E-state index in [4.69, 9.17) is 4.74 Å². The Labute approximate surface area is 152 Å². The number of rotatable bonds is 6. The molecular formula is C21H21NO2S. The fraction of sp³-hybridized carbons (Fsp3) is 0.190. The number of ether oxygens (including phenoxy) is 1. The summed E-state index contributed by atoms with van der Waals surface area (Å²) < 4.78 is 5.20. The number of amides is 1. The Morgan fingerprint density at radius 1 is 1.08 bits per heavy atom. The third-order valence-corrected chi connectivity index (χ3v) is 5.13. The first-order valence-electron chi connectivity index (χ1n) is 8.24. The lowest BCUT2D eigenvalue weighted by Crippen LogP contribution is -2.24. The van der Waals surface area contributed by atoms with Gasteiger partial charge in [-0.2, -0.15) is 0 Å². The lowest BCUT2D eigenvalue weighted by Gasteiger charge is -2.04. The van der Waals surface area contributed by atoms with E-state index in [1.807, 2.05) is 55.5 Å². The Hall–Kier alpha value is -2.59. The quantitative estimate of drug-likeness (QED) is 0.699. The van der Waals surface area contributed by atoms with E-state index in [2.05, 4.69) is 17.4 Å². The number of hydrogen-bond donors (Lipinski definition) is 1. The van der Waals surface area contributed by atoms with Crippen LogP contribution in [-0.4, -0.2) is 19.6 Å². The van der Waals surface area contributed by atoms with Crippen molar-refractivity contribution in [2.45, 2.75) is 13.3 Å². The van der Waals surface area contributed by atoms with E-state index in [-0.39, 0.29) is 5.91 Å². The van der Waals surface area contributed by atoms with E-state index in [1.165, 1.54) is 16.9 Å². The van der Waals surface area contributed by atoms with Gasteiger partial charge in [0.1, 0.15) is 5.75 Å². The molecule has 4 heteroatoms. The van der Waals surface area contributed by atoms with Gasteiger partial charge in [-0.05, 0) is 48.2 Å². The zero-order chi connectivity index (χ0) is 17.6. The fourth-order valence-corrected chi connectivity index (χ4v) is 3.66. The van der Waals surface area contributed by atoms with Crippen LogP contribution in [0.4, 0.5) is 0 Å². The molecule has 3 nitrogen and oxygen atoms in total. The van der Waals surface area contributed by atoms with Crippen molar-refractivity contribution in [3.8, 4) is 16.9 Å². The maximum Gasteiger partial charge on any atom is 0.261 e. The highest BCUT2D eigenvalue weighted by molar-refractivity contribution is 7.14. The highest BCUT2D eigenvalue weighted by Gasteiger charge is 2.13. The predicted molar refractivity (Wildman–Crippen MR) is 104 cm³/mol. The molecule has 0 aliphatic carbocycles. The largest absolute Gasteiger partial charge is 0.497 e. The molecule has 0 spiro atoms. The zero-order valence-corrected chi connectivity index (χ0v) is 15.2. The Morgan fingerprint density at radius 2 is 1.80 bits per heavy atom. The maximum absolute atomic E-state index is 12.4. The molecular weight excluding hydrogens is 330 g/mol. The summed E-state index contributed by atoms with van der Waals surface area (Å²) in [4.78, 5) is 14.3. The molecule has 128 valence electrons. The van der Waals surface area contributed by atoms with Gasteiger partial charge in [0, 0.05) is 11.4 Å². The number of thiophene rings is 1. The zero-order valence-electron chi connectivity index (χ0n) is 14.4.